The minimum Gasteiger partial charge on any atom is -0.480 e. The van der Waals surface area contributed by atoms with Gasteiger partial charge in [0, 0.05) is 0 Å². The van der Waals surface area contributed by atoms with E-state index in [1.54, 1.807) is 0 Å². The molecule has 0 aliphatic heterocycles. The van der Waals surface area contributed by atoms with Gasteiger partial charge in [0.15, 0.2) is 0 Å². The van der Waals surface area contributed by atoms with Crippen LogP contribution < -0.4 is 5.32 Å². The van der Waals surface area contributed by atoms with E-state index in [4.69, 9.17) is 5.11 Å². The summed E-state index contributed by atoms with van der Waals surface area (Å²) in [4.78, 5) is 23.0. The molecule has 0 aliphatic carbocycles. The molecule has 0 bridgehead atoms. The Kier molecular flexibility index (Phi) is 4.93. The van der Waals surface area contributed by atoms with Crippen molar-refractivity contribution in [3.63, 3.8) is 0 Å². The second-order valence-electron chi connectivity index (χ2n) is 5.11. The summed E-state index contributed by atoms with van der Waals surface area (Å²) >= 11 is 0. The average molecular weight is 285 g/mol. The van der Waals surface area contributed by atoms with Gasteiger partial charge in [-0.2, -0.15) is 0 Å². The molecule has 4 nitrogen and oxygen atoms in total. The first-order valence-corrected chi connectivity index (χ1v) is 7.10. The summed E-state index contributed by atoms with van der Waals surface area (Å²) in [7, 11) is 0. The number of carboxylic acid groups (broad SMARTS) is 1. The van der Waals surface area contributed by atoms with Gasteiger partial charge in [-0.15, -0.1) is 0 Å². The SMILES string of the molecule is CCCC(NC(=O)Cc1ccc2ccccc2c1)C(=O)O. The van der Waals surface area contributed by atoms with E-state index < -0.39 is 12.0 Å². The molecule has 0 saturated heterocycles. The van der Waals surface area contributed by atoms with Gasteiger partial charge in [0.25, 0.3) is 0 Å². The summed E-state index contributed by atoms with van der Waals surface area (Å²) in [5, 5.41) is 13.8. The molecule has 2 rings (SSSR count). The lowest BCUT2D eigenvalue weighted by atomic mass is 10.0. The van der Waals surface area contributed by atoms with Crippen molar-refractivity contribution in [1.82, 2.24) is 5.32 Å². The lowest BCUT2D eigenvalue weighted by Crippen LogP contribution is -2.41. The van der Waals surface area contributed by atoms with Crippen LogP contribution in [0.3, 0.4) is 0 Å². The molecule has 0 radical (unpaired) electrons. The topological polar surface area (TPSA) is 66.4 Å². The highest BCUT2D eigenvalue weighted by atomic mass is 16.4. The van der Waals surface area contributed by atoms with Crippen molar-refractivity contribution in [2.24, 2.45) is 0 Å². The van der Waals surface area contributed by atoms with Crippen LogP contribution >= 0.6 is 0 Å². The fourth-order valence-corrected chi connectivity index (χ4v) is 2.33. The second-order valence-corrected chi connectivity index (χ2v) is 5.11. The molecule has 1 unspecified atom stereocenters. The van der Waals surface area contributed by atoms with Gasteiger partial charge in [0.05, 0.1) is 6.42 Å². The highest BCUT2D eigenvalue weighted by molar-refractivity contribution is 5.87. The Bertz CT molecular complexity index is 651. The van der Waals surface area contributed by atoms with Crippen molar-refractivity contribution >= 4 is 22.6 Å². The zero-order chi connectivity index (χ0) is 15.2. The molecule has 1 atom stereocenters. The summed E-state index contributed by atoms with van der Waals surface area (Å²) in [5.74, 6) is -1.24. The van der Waals surface area contributed by atoms with Crippen LogP contribution in [0.4, 0.5) is 0 Å². The molecule has 0 spiro atoms. The van der Waals surface area contributed by atoms with E-state index >= 15 is 0 Å². The largest absolute Gasteiger partial charge is 0.480 e. The standard InChI is InChI=1S/C17H19NO3/c1-2-5-15(17(20)21)18-16(19)11-12-8-9-13-6-3-4-7-14(13)10-12/h3-4,6-10,15H,2,5,11H2,1H3,(H,18,19)(H,20,21). The summed E-state index contributed by atoms with van der Waals surface area (Å²) < 4.78 is 0. The van der Waals surface area contributed by atoms with E-state index in [1.165, 1.54) is 0 Å². The van der Waals surface area contributed by atoms with E-state index in [1.807, 2.05) is 49.4 Å². The number of carbonyl (C=O) groups excluding carboxylic acids is 1. The number of aliphatic carboxylic acids is 1. The van der Waals surface area contributed by atoms with Crippen LogP contribution in [0.5, 0.6) is 0 Å². The molecular weight excluding hydrogens is 266 g/mol. The van der Waals surface area contributed by atoms with E-state index in [2.05, 4.69) is 5.32 Å². The van der Waals surface area contributed by atoms with E-state index in [9.17, 15) is 9.59 Å². The third-order valence-electron chi connectivity index (χ3n) is 3.39. The highest BCUT2D eigenvalue weighted by Gasteiger charge is 2.18. The average Bonchev–Trinajstić information content (AvgIpc) is 2.46. The van der Waals surface area contributed by atoms with Crippen LogP contribution in [-0.4, -0.2) is 23.0 Å². The monoisotopic (exact) mass is 285 g/mol. The molecule has 0 saturated carbocycles. The Hall–Kier alpha value is -2.36. The maximum Gasteiger partial charge on any atom is 0.326 e. The second kappa shape index (κ2) is 6.88. The van der Waals surface area contributed by atoms with Gasteiger partial charge < -0.3 is 10.4 Å². The van der Waals surface area contributed by atoms with Crippen LogP contribution in [-0.2, 0) is 16.0 Å². The van der Waals surface area contributed by atoms with Crippen molar-refractivity contribution in [2.45, 2.75) is 32.2 Å². The number of hydrogen-bond donors (Lipinski definition) is 2. The number of benzene rings is 2. The minimum absolute atomic E-state index is 0.193. The lowest BCUT2D eigenvalue weighted by molar-refractivity contribution is -0.141. The van der Waals surface area contributed by atoms with Crippen LogP contribution in [0.1, 0.15) is 25.3 Å². The number of nitrogens with one attached hydrogen (secondary N) is 1. The van der Waals surface area contributed by atoms with Gasteiger partial charge in [-0.1, -0.05) is 55.8 Å². The fourth-order valence-electron chi connectivity index (χ4n) is 2.33. The van der Waals surface area contributed by atoms with Crippen molar-refractivity contribution in [2.75, 3.05) is 0 Å². The molecule has 21 heavy (non-hydrogen) atoms. The van der Waals surface area contributed by atoms with E-state index in [0.717, 1.165) is 16.3 Å². The van der Waals surface area contributed by atoms with Gasteiger partial charge >= 0.3 is 5.97 Å². The highest BCUT2D eigenvalue weighted by Crippen LogP contribution is 2.16. The molecular formula is C17H19NO3. The third kappa shape index (κ3) is 4.05. The van der Waals surface area contributed by atoms with Crippen molar-refractivity contribution in [3.8, 4) is 0 Å². The Morgan fingerprint density at radius 1 is 1.14 bits per heavy atom. The summed E-state index contributed by atoms with van der Waals surface area (Å²) in [6.07, 6.45) is 1.35. The van der Waals surface area contributed by atoms with Crippen molar-refractivity contribution in [3.05, 3.63) is 48.0 Å². The molecule has 110 valence electrons. The van der Waals surface area contributed by atoms with Crippen LogP contribution in [0.2, 0.25) is 0 Å². The molecule has 2 aromatic rings. The molecule has 0 aliphatic rings. The number of carboxylic acids is 1. The Labute approximate surface area is 123 Å². The summed E-state index contributed by atoms with van der Waals surface area (Å²) in [6, 6.07) is 13.0. The number of amides is 1. The predicted molar refractivity (Wildman–Crippen MR) is 82.1 cm³/mol. The Morgan fingerprint density at radius 2 is 1.86 bits per heavy atom. The quantitative estimate of drug-likeness (QED) is 0.857. The van der Waals surface area contributed by atoms with Crippen LogP contribution in [0, 0.1) is 0 Å². The Morgan fingerprint density at radius 3 is 2.52 bits per heavy atom. The maximum atomic E-state index is 12.0. The zero-order valence-electron chi connectivity index (χ0n) is 12.0. The maximum absolute atomic E-state index is 12.0. The normalized spacial score (nSPS) is 12.0. The van der Waals surface area contributed by atoms with Gasteiger partial charge in [0.1, 0.15) is 6.04 Å². The van der Waals surface area contributed by atoms with Gasteiger partial charge in [-0.05, 0) is 22.8 Å². The fraction of sp³-hybridized carbons (Fsp3) is 0.294. The molecule has 1 amide bonds. The van der Waals surface area contributed by atoms with Gasteiger partial charge in [0.2, 0.25) is 5.91 Å². The molecule has 2 N–H and O–H groups in total. The molecule has 0 fully saturated rings. The molecule has 4 heteroatoms. The first-order chi connectivity index (χ1) is 10.1. The molecule has 2 aromatic carbocycles. The summed E-state index contributed by atoms with van der Waals surface area (Å²) in [6.45, 7) is 1.89. The molecule has 0 heterocycles. The molecule has 0 aromatic heterocycles. The van der Waals surface area contributed by atoms with Crippen LogP contribution in [0.15, 0.2) is 42.5 Å². The third-order valence-corrected chi connectivity index (χ3v) is 3.39. The Balaban J connectivity index is 2.05. The van der Waals surface area contributed by atoms with Crippen molar-refractivity contribution in [1.29, 1.82) is 0 Å². The first-order valence-electron chi connectivity index (χ1n) is 7.10. The van der Waals surface area contributed by atoms with E-state index in [0.29, 0.717) is 12.8 Å². The van der Waals surface area contributed by atoms with Crippen molar-refractivity contribution < 1.29 is 14.7 Å². The lowest BCUT2D eigenvalue weighted by Gasteiger charge is -2.13. The minimum atomic E-state index is -0.983. The summed E-state index contributed by atoms with van der Waals surface area (Å²) in [5.41, 5.74) is 0.881. The van der Waals surface area contributed by atoms with E-state index in [-0.39, 0.29) is 12.3 Å². The first kappa shape index (κ1) is 15.0. The number of carbonyl (C=O) groups is 2. The van der Waals surface area contributed by atoms with Crippen LogP contribution in [0.25, 0.3) is 10.8 Å². The smallest absolute Gasteiger partial charge is 0.326 e. The predicted octanol–water partition coefficient (Wildman–Crippen LogP) is 2.75. The van der Waals surface area contributed by atoms with Gasteiger partial charge in [-0.3, -0.25) is 4.79 Å². The number of fused-ring (bicyclic) bond motifs is 1. The number of hydrogen-bond acceptors (Lipinski definition) is 2. The van der Waals surface area contributed by atoms with Gasteiger partial charge in [-0.25, -0.2) is 4.79 Å². The zero-order valence-corrected chi connectivity index (χ0v) is 12.0. The number of rotatable bonds is 6.